The lowest BCUT2D eigenvalue weighted by molar-refractivity contribution is -0.137. The first-order chi connectivity index (χ1) is 11.2. The highest BCUT2D eigenvalue weighted by Gasteiger charge is 2.31. The Morgan fingerprint density at radius 3 is 2.71 bits per heavy atom. The molecule has 124 valence electrons. The van der Waals surface area contributed by atoms with E-state index in [9.17, 15) is 21.6 Å². The number of benzene rings is 1. The molecule has 0 amide bonds. The molecule has 1 aromatic carbocycles. The Kier molecular flexibility index (Phi) is 3.73. The normalized spacial score (nSPS) is 12.2. The minimum atomic E-state index is -4.52. The lowest BCUT2D eigenvalue weighted by Gasteiger charge is -2.07. The SMILES string of the molecule is N#Cc1cnc(NS(=O)(=O)c2c[nH]c3cc(C(F)(F)F)ccc23)s1. The maximum absolute atomic E-state index is 12.7. The minimum Gasteiger partial charge on any atom is -0.360 e. The number of rotatable bonds is 3. The summed E-state index contributed by atoms with van der Waals surface area (Å²) in [5, 5.41) is 8.82. The van der Waals surface area contributed by atoms with E-state index < -0.39 is 21.8 Å². The van der Waals surface area contributed by atoms with Crippen LogP contribution in [0.25, 0.3) is 10.9 Å². The molecular formula is C13H7F3N4O2S2. The van der Waals surface area contributed by atoms with E-state index in [1.54, 1.807) is 0 Å². The number of aromatic amines is 1. The monoisotopic (exact) mass is 372 g/mol. The number of sulfonamides is 1. The standard InChI is InChI=1S/C13H7F3N4O2S2/c14-13(15,16)7-1-2-9-10(3-7)18-6-11(9)24(21,22)20-12-19-5-8(4-17)23-12/h1-3,5-6,18H,(H,19,20). The van der Waals surface area contributed by atoms with Gasteiger partial charge in [-0.1, -0.05) is 17.4 Å². The molecule has 0 aliphatic carbocycles. The van der Waals surface area contributed by atoms with Gasteiger partial charge in [-0.05, 0) is 12.1 Å². The van der Waals surface area contributed by atoms with Crippen LogP contribution in [0.3, 0.4) is 0 Å². The molecule has 2 N–H and O–H groups in total. The molecule has 0 radical (unpaired) electrons. The third-order valence-electron chi connectivity index (χ3n) is 3.10. The Balaban J connectivity index is 2.00. The zero-order valence-electron chi connectivity index (χ0n) is 11.5. The molecule has 2 aromatic heterocycles. The maximum atomic E-state index is 12.7. The first-order valence-electron chi connectivity index (χ1n) is 6.28. The Hall–Kier alpha value is -2.58. The van der Waals surface area contributed by atoms with Crippen LogP contribution in [0.4, 0.5) is 18.3 Å². The molecule has 0 bridgehead atoms. The van der Waals surface area contributed by atoms with Crippen LogP contribution in [0.2, 0.25) is 0 Å². The second-order valence-electron chi connectivity index (χ2n) is 4.66. The molecule has 0 atom stereocenters. The Morgan fingerprint density at radius 1 is 1.33 bits per heavy atom. The predicted molar refractivity (Wildman–Crippen MR) is 80.9 cm³/mol. The minimum absolute atomic E-state index is 0.00666. The van der Waals surface area contributed by atoms with Crippen molar-refractivity contribution in [2.75, 3.05) is 4.72 Å². The van der Waals surface area contributed by atoms with Gasteiger partial charge < -0.3 is 4.98 Å². The van der Waals surface area contributed by atoms with Crippen LogP contribution in [0.1, 0.15) is 10.4 Å². The number of fused-ring (bicyclic) bond motifs is 1. The number of alkyl halides is 3. The lowest BCUT2D eigenvalue weighted by Crippen LogP contribution is -2.12. The van der Waals surface area contributed by atoms with Crippen molar-refractivity contribution in [3.63, 3.8) is 0 Å². The van der Waals surface area contributed by atoms with Gasteiger partial charge in [-0.25, -0.2) is 13.4 Å². The van der Waals surface area contributed by atoms with E-state index in [0.717, 1.165) is 35.7 Å². The van der Waals surface area contributed by atoms with Gasteiger partial charge in [-0.3, -0.25) is 4.72 Å². The van der Waals surface area contributed by atoms with Crippen LogP contribution in [-0.4, -0.2) is 18.4 Å². The van der Waals surface area contributed by atoms with E-state index in [-0.39, 0.29) is 25.8 Å². The average molecular weight is 372 g/mol. The van der Waals surface area contributed by atoms with Gasteiger partial charge in [-0.15, -0.1) is 0 Å². The number of H-pyrrole nitrogens is 1. The quantitative estimate of drug-likeness (QED) is 0.737. The van der Waals surface area contributed by atoms with Gasteiger partial charge in [0.25, 0.3) is 10.0 Å². The van der Waals surface area contributed by atoms with Gasteiger partial charge in [0.15, 0.2) is 5.13 Å². The number of hydrogen-bond acceptors (Lipinski definition) is 5. The highest BCUT2D eigenvalue weighted by Crippen LogP contribution is 2.33. The van der Waals surface area contributed by atoms with Crippen LogP contribution in [0.15, 0.2) is 35.5 Å². The van der Waals surface area contributed by atoms with Gasteiger partial charge in [-0.2, -0.15) is 18.4 Å². The summed E-state index contributed by atoms with van der Waals surface area (Å²) in [6, 6.07) is 4.57. The van der Waals surface area contributed by atoms with Crippen molar-refractivity contribution in [2.24, 2.45) is 0 Å². The topological polar surface area (TPSA) is 98.6 Å². The summed E-state index contributed by atoms with van der Waals surface area (Å²) >= 11 is 0.847. The van der Waals surface area contributed by atoms with Crippen molar-refractivity contribution < 1.29 is 21.6 Å². The first-order valence-corrected chi connectivity index (χ1v) is 8.58. The van der Waals surface area contributed by atoms with Gasteiger partial charge in [0, 0.05) is 17.1 Å². The molecule has 0 saturated heterocycles. The summed E-state index contributed by atoms with van der Waals surface area (Å²) in [6.07, 6.45) is -2.20. The largest absolute Gasteiger partial charge is 0.416 e. The number of nitrogens with one attached hydrogen (secondary N) is 2. The molecule has 24 heavy (non-hydrogen) atoms. The molecule has 0 fully saturated rings. The van der Waals surface area contributed by atoms with Crippen LogP contribution in [0.5, 0.6) is 0 Å². The van der Waals surface area contributed by atoms with Gasteiger partial charge >= 0.3 is 6.18 Å². The molecule has 0 aliphatic rings. The number of nitrogens with zero attached hydrogens (tertiary/aromatic N) is 2. The van der Waals surface area contributed by atoms with E-state index in [4.69, 9.17) is 5.26 Å². The summed E-state index contributed by atoms with van der Waals surface area (Å²) in [7, 11) is -4.06. The summed E-state index contributed by atoms with van der Waals surface area (Å²) in [6.45, 7) is 0. The molecule has 3 aromatic rings. The van der Waals surface area contributed by atoms with Gasteiger partial charge in [0.05, 0.1) is 11.8 Å². The molecule has 11 heteroatoms. The number of hydrogen-bond donors (Lipinski definition) is 2. The zero-order valence-corrected chi connectivity index (χ0v) is 13.2. The maximum Gasteiger partial charge on any atom is 0.416 e. The molecule has 0 saturated carbocycles. The molecule has 6 nitrogen and oxygen atoms in total. The summed E-state index contributed by atoms with van der Waals surface area (Å²) in [4.78, 5) is 6.29. The summed E-state index contributed by atoms with van der Waals surface area (Å²) in [5.41, 5.74) is -0.839. The van der Waals surface area contributed by atoms with Crippen molar-refractivity contribution in [2.45, 2.75) is 11.1 Å². The van der Waals surface area contributed by atoms with E-state index in [1.807, 2.05) is 6.07 Å². The second-order valence-corrected chi connectivity index (χ2v) is 7.34. The predicted octanol–water partition coefficient (Wildman–Crippen LogP) is 3.32. The first kappa shape index (κ1) is 16.3. The van der Waals surface area contributed by atoms with Crippen molar-refractivity contribution in [1.82, 2.24) is 9.97 Å². The fraction of sp³-hybridized carbons (Fsp3) is 0.0769. The third kappa shape index (κ3) is 2.93. The second kappa shape index (κ2) is 5.50. The number of thiazole rings is 1. The van der Waals surface area contributed by atoms with Crippen LogP contribution in [-0.2, 0) is 16.2 Å². The van der Waals surface area contributed by atoms with Crippen molar-refractivity contribution in [1.29, 1.82) is 5.26 Å². The number of anilines is 1. The van der Waals surface area contributed by atoms with E-state index in [1.165, 1.54) is 6.20 Å². The molecule has 0 aliphatic heterocycles. The third-order valence-corrected chi connectivity index (χ3v) is 5.42. The van der Waals surface area contributed by atoms with E-state index >= 15 is 0 Å². The highest BCUT2D eigenvalue weighted by atomic mass is 32.2. The van der Waals surface area contributed by atoms with Crippen LogP contribution in [0, 0.1) is 11.3 Å². The number of aromatic nitrogens is 2. The number of nitriles is 1. The average Bonchev–Trinajstić information content (AvgIpc) is 3.11. The van der Waals surface area contributed by atoms with Gasteiger partial charge in [0.1, 0.15) is 15.8 Å². The zero-order chi connectivity index (χ0) is 17.5. The summed E-state index contributed by atoms with van der Waals surface area (Å²) in [5.74, 6) is 0. The summed E-state index contributed by atoms with van der Waals surface area (Å²) < 4.78 is 65.1. The van der Waals surface area contributed by atoms with Crippen LogP contribution >= 0.6 is 11.3 Å². The molecule has 0 unspecified atom stereocenters. The van der Waals surface area contributed by atoms with E-state index in [0.29, 0.717) is 0 Å². The molecule has 0 spiro atoms. The van der Waals surface area contributed by atoms with Crippen molar-refractivity contribution in [3.05, 3.63) is 41.0 Å². The highest BCUT2D eigenvalue weighted by molar-refractivity contribution is 7.93. The molecule has 3 rings (SSSR count). The smallest absolute Gasteiger partial charge is 0.360 e. The molecular weight excluding hydrogens is 365 g/mol. The molecule has 2 heterocycles. The van der Waals surface area contributed by atoms with Crippen LogP contribution < -0.4 is 4.72 Å². The van der Waals surface area contributed by atoms with Gasteiger partial charge in [0.2, 0.25) is 0 Å². The number of halogens is 3. The fourth-order valence-corrected chi connectivity index (χ4v) is 4.08. The Labute approximate surface area is 137 Å². The Morgan fingerprint density at radius 2 is 2.08 bits per heavy atom. The fourth-order valence-electron chi connectivity index (χ4n) is 2.04. The lowest BCUT2D eigenvalue weighted by atomic mass is 10.1. The van der Waals surface area contributed by atoms with Crippen molar-refractivity contribution >= 4 is 37.4 Å². The Bertz CT molecular complexity index is 1060. The van der Waals surface area contributed by atoms with Crippen molar-refractivity contribution in [3.8, 4) is 6.07 Å². The van der Waals surface area contributed by atoms with E-state index in [2.05, 4.69) is 14.7 Å².